The van der Waals surface area contributed by atoms with Gasteiger partial charge in [0.2, 0.25) is 5.91 Å². The van der Waals surface area contributed by atoms with Crippen molar-refractivity contribution >= 4 is 22.5 Å². The summed E-state index contributed by atoms with van der Waals surface area (Å²) in [6.45, 7) is 10.5. The molecule has 3 aromatic rings. The van der Waals surface area contributed by atoms with Gasteiger partial charge in [-0.3, -0.25) is 9.78 Å². The third kappa shape index (κ3) is 6.20. The van der Waals surface area contributed by atoms with Crippen molar-refractivity contribution in [1.29, 1.82) is 0 Å². The average Bonchev–Trinajstić information content (AvgIpc) is 3.37. The lowest BCUT2D eigenvalue weighted by Crippen LogP contribution is -2.40. The minimum Gasteiger partial charge on any atom is -0.388 e. The van der Waals surface area contributed by atoms with Crippen molar-refractivity contribution in [2.24, 2.45) is 0 Å². The zero-order valence-corrected chi connectivity index (χ0v) is 22.5. The van der Waals surface area contributed by atoms with Gasteiger partial charge >= 0.3 is 0 Å². The molecule has 1 amide bonds. The predicted octanol–water partition coefficient (Wildman–Crippen LogP) is 6.15. The molecule has 0 radical (unpaired) electrons. The number of imidazole rings is 1. The van der Waals surface area contributed by atoms with Crippen LogP contribution >= 0.6 is 0 Å². The summed E-state index contributed by atoms with van der Waals surface area (Å²) in [5.41, 5.74) is 7.25. The largest absolute Gasteiger partial charge is 0.388 e. The van der Waals surface area contributed by atoms with Crippen LogP contribution in [-0.2, 0) is 11.2 Å². The number of benzene rings is 1. The van der Waals surface area contributed by atoms with Crippen molar-refractivity contribution in [3.8, 4) is 0 Å². The van der Waals surface area contributed by atoms with E-state index in [1.807, 2.05) is 43.6 Å². The standard InChI is InChI=1S/C32H37N5O/c1-5-7-11-17-33-18-15-22(3)32(38)37-28-20-24-12-9-10-14-25(24)30(26(28)13-8-6-2)23(4)31-35-27-16-19-34-21-29(27)36-31/h5,8-17,19,21,23,28,33H,1,6-7,18,20H2,2-4H3,(H,35,36)(H,37,38)/b13-8-,17-11-,22-15+. The lowest BCUT2D eigenvalue weighted by Gasteiger charge is -2.32. The van der Waals surface area contributed by atoms with Gasteiger partial charge < -0.3 is 15.6 Å². The first kappa shape index (κ1) is 26.9. The summed E-state index contributed by atoms with van der Waals surface area (Å²) in [7, 11) is 0. The van der Waals surface area contributed by atoms with E-state index in [1.54, 1.807) is 6.20 Å². The van der Waals surface area contributed by atoms with E-state index >= 15 is 0 Å². The second-order valence-electron chi connectivity index (χ2n) is 9.53. The number of amides is 1. The molecule has 196 valence electrons. The van der Waals surface area contributed by atoms with Crippen LogP contribution in [0.25, 0.3) is 16.6 Å². The normalized spacial score (nSPS) is 16.7. The smallest absolute Gasteiger partial charge is 0.247 e. The zero-order valence-electron chi connectivity index (χ0n) is 22.5. The maximum absolute atomic E-state index is 13.3. The number of aromatic amines is 1. The van der Waals surface area contributed by atoms with Gasteiger partial charge in [-0.15, -0.1) is 6.58 Å². The van der Waals surface area contributed by atoms with Crippen LogP contribution in [0.15, 0.2) is 97.0 Å². The maximum Gasteiger partial charge on any atom is 0.247 e. The third-order valence-corrected chi connectivity index (χ3v) is 6.82. The van der Waals surface area contributed by atoms with Gasteiger partial charge in [0.1, 0.15) is 5.82 Å². The number of H-pyrrole nitrogens is 1. The number of aromatic nitrogens is 3. The molecule has 2 unspecified atom stereocenters. The molecule has 0 aliphatic heterocycles. The van der Waals surface area contributed by atoms with Crippen LogP contribution in [0.5, 0.6) is 0 Å². The Hall–Kier alpha value is -4.19. The maximum atomic E-state index is 13.3. The molecule has 6 heteroatoms. The van der Waals surface area contributed by atoms with Crippen LogP contribution in [0.1, 0.15) is 56.5 Å². The van der Waals surface area contributed by atoms with Crippen LogP contribution < -0.4 is 10.6 Å². The van der Waals surface area contributed by atoms with Gasteiger partial charge in [-0.1, -0.05) is 68.5 Å². The van der Waals surface area contributed by atoms with E-state index < -0.39 is 0 Å². The molecule has 2 atom stereocenters. The van der Waals surface area contributed by atoms with E-state index in [4.69, 9.17) is 4.98 Å². The number of hydrogen-bond donors (Lipinski definition) is 3. The molecule has 2 heterocycles. The number of fused-ring (bicyclic) bond motifs is 2. The highest BCUT2D eigenvalue weighted by Crippen LogP contribution is 2.41. The Morgan fingerprint density at radius 3 is 2.89 bits per heavy atom. The number of carbonyl (C=O) groups is 1. The lowest BCUT2D eigenvalue weighted by atomic mass is 9.77. The molecule has 0 saturated carbocycles. The summed E-state index contributed by atoms with van der Waals surface area (Å²) in [6.07, 6.45) is 18.0. The minimum atomic E-state index is -0.146. The summed E-state index contributed by atoms with van der Waals surface area (Å²) < 4.78 is 0. The van der Waals surface area contributed by atoms with E-state index in [2.05, 4.69) is 77.4 Å². The highest BCUT2D eigenvalue weighted by Gasteiger charge is 2.31. The molecular formula is C32H37N5O. The quantitative estimate of drug-likeness (QED) is 0.165. The Bertz CT molecular complexity index is 1370. The number of rotatable bonds is 11. The molecule has 1 aliphatic carbocycles. The van der Waals surface area contributed by atoms with Crippen LogP contribution in [0.3, 0.4) is 0 Å². The molecule has 3 N–H and O–H groups in total. The summed E-state index contributed by atoms with van der Waals surface area (Å²) >= 11 is 0. The molecule has 2 aromatic heterocycles. The third-order valence-electron chi connectivity index (χ3n) is 6.82. The minimum absolute atomic E-state index is 0.0112. The Morgan fingerprint density at radius 2 is 2.11 bits per heavy atom. The van der Waals surface area contributed by atoms with Crippen molar-refractivity contribution < 1.29 is 4.79 Å². The molecule has 1 aliphatic rings. The molecular weight excluding hydrogens is 470 g/mol. The highest BCUT2D eigenvalue weighted by atomic mass is 16.1. The average molecular weight is 508 g/mol. The summed E-state index contributed by atoms with van der Waals surface area (Å²) in [5.74, 6) is 0.817. The topological polar surface area (TPSA) is 82.7 Å². The van der Waals surface area contributed by atoms with Crippen LogP contribution in [-0.4, -0.2) is 33.4 Å². The first-order valence-corrected chi connectivity index (χ1v) is 13.3. The first-order valence-electron chi connectivity index (χ1n) is 13.3. The second kappa shape index (κ2) is 12.9. The van der Waals surface area contributed by atoms with Gasteiger partial charge in [0.05, 0.1) is 23.3 Å². The van der Waals surface area contributed by atoms with Crippen LogP contribution in [0.2, 0.25) is 0 Å². The fourth-order valence-electron chi connectivity index (χ4n) is 4.81. The number of allylic oxidation sites excluding steroid dienone is 4. The number of nitrogens with one attached hydrogen (secondary N) is 3. The molecule has 0 saturated heterocycles. The molecule has 38 heavy (non-hydrogen) atoms. The van der Waals surface area contributed by atoms with Crippen LogP contribution in [0.4, 0.5) is 0 Å². The number of pyridine rings is 1. The molecule has 4 rings (SSSR count). The van der Waals surface area contributed by atoms with Crippen molar-refractivity contribution in [3.63, 3.8) is 0 Å². The summed E-state index contributed by atoms with van der Waals surface area (Å²) in [4.78, 5) is 25.8. The zero-order chi connectivity index (χ0) is 26.9. The van der Waals surface area contributed by atoms with E-state index in [0.29, 0.717) is 12.1 Å². The van der Waals surface area contributed by atoms with Gasteiger partial charge in [0, 0.05) is 24.2 Å². The van der Waals surface area contributed by atoms with Crippen molar-refractivity contribution in [2.45, 2.75) is 52.0 Å². The SMILES string of the molecule is C=CC/C=C\NC/C=C(\C)C(=O)NC1Cc2ccccc2C(C(C)c2nc3ccncc3[nH]2)=C1/C=C\CC. The van der Waals surface area contributed by atoms with Crippen molar-refractivity contribution in [2.75, 3.05) is 6.54 Å². The number of nitrogens with zero attached hydrogens (tertiary/aromatic N) is 2. The van der Waals surface area contributed by atoms with Crippen molar-refractivity contribution in [1.82, 2.24) is 25.6 Å². The Kier molecular flexibility index (Phi) is 9.09. The van der Waals surface area contributed by atoms with Crippen molar-refractivity contribution in [3.05, 3.63) is 114 Å². The van der Waals surface area contributed by atoms with E-state index in [9.17, 15) is 4.79 Å². The van der Waals surface area contributed by atoms with Gasteiger partial charge in [-0.25, -0.2) is 4.98 Å². The van der Waals surface area contributed by atoms with E-state index in [0.717, 1.165) is 41.7 Å². The van der Waals surface area contributed by atoms with Gasteiger partial charge in [-0.2, -0.15) is 0 Å². The summed E-state index contributed by atoms with van der Waals surface area (Å²) in [6, 6.07) is 10.3. The highest BCUT2D eigenvalue weighted by molar-refractivity contribution is 5.94. The number of hydrogen-bond acceptors (Lipinski definition) is 4. The molecule has 0 spiro atoms. The number of carbonyl (C=O) groups excluding carboxylic acids is 1. The second-order valence-corrected chi connectivity index (χ2v) is 9.53. The molecule has 0 bridgehead atoms. The predicted molar refractivity (Wildman–Crippen MR) is 156 cm³/mol. The lowest BCUT2D eigenvalue weighted by molar-refractivity contribution is -0.117. The molecule has 0 fully saturated rings. The summed E-state index contributed by atoms with van der Waals surface area (Å²) in [5, 5.41) is 6.52. The van der Waals surface area contributed by atoms with Gasteiger partial charge in [0.25, 0.3) is 0 Å². The Balaban J connectivity index is 1.67. The van der Waals surface area contributed by atoms with Gasteiger partial charge in [-0.05, 0) is 60.7 Å². The molecule has 6 nitrogen and oxygen atoms in total. The molecule has 1 aromatic carbocycles. The fourth-order valence-corrected chi connectivity index (χ4v) is 4.81. The van der Waals surface area contributed by atoms with Gasteiger partial charge in [0.15, 0.2) is 0 Å². The first-order chi connectivity index (χ1) is 18.5. The monoisotopic (exact) mass is 507 g/mol. The van der Waals surface area contributed by atoms with E-state index in [-0.39, 0.29) is 17.9 Å². The van der Waals surface area contributed by atoms with E-state index in [1.165, 1.54) is 16.7 Å². The Labute approximate surface area is 225 Å². The van der Waals surface area contributed by atoms with Crippen LogP contribution in [0, 0.1) is 0 Å². The fraction of sp³-hybridized carbons (Fsp3) is 0.281. The Morgan fingerprint density at radius 1 is 1.26 bits per heavy atom.